The van der Waals surface area contributed by atoms with Gasteiger partial charge in [0.1, 0.15) is 0 Å². The first kappa shape index (κ1) is 15.0. The summed E-state index contributed by atoms with van der Waals surface area (Å²) < 4.78 is 0. The van der Waals surface area contributed by atoms with E-state index < -0.39 is 0 Å². The normalized spacial score (nSPS) is 16.9. The predicted molar refractivity (Wildman–Crippen MR) is 80.6 cm³/mol. The van der Waals surface area contributed by atoms with E-state index in [0.29, 0.717) is 6.54 Å². The van der Waals surface area contributed by atoms with Gasteiger partial charge in [0.25, 0.3) is 0 Å². The zero-order chi connectivity index (χ0) is 14.8. The lowest BCUT2D eigenvalue weighted by atomic mass is 9.63. The van der Waals surface area contributed by atoms with Crippen LogP contribution in [0.4, 0.5) is 0 Å². The second kappa shape index (κ2) is 5.96. The van der Waals surface area contributed by atoms with Gasteiger partial charge >= 0.3 is 0 Å². The van der Waals surface area contributed by atoms with Gasteiger partial charge in [0, 0.05) is 12.6 Å². The van der Waals surface area contributed by atoms with Crippen molar-refractivity contribution in [3.63, 3.8) is 0 Å². The van der Waals surface area contributed by atoms with Crippen LogP contribution in [0, 0.1) is 6.92 Å². The highest BCUT2D eigenvalue weighted by molar-refractivity contribution is 5.89. The maximum absolute atomic E-state index is 13.0. The Hall–Kier alpha value is -1.35. The third kappa shape index (κ3) is 2.59. The monoisotopic (exact) mass is 275 g/mol. The Balaban J connectivity index is 2.33. The van der Waals surface area contributed by atoms with Crippen LogP contribution in [0.15, 0.2) is 24.3 Å². The molecule has 0 bridgehead atoms. The first-order valence-corrected chi connectivity index (χ1v) is 7.50. The number of nitrogens with zero attached hydrogens (tertiary/aromatic N) is 1. The lowest BCUT2D eigenvalue weighted by Crippen LogP contribution is -2.53. The van der Waals surface area contributed by atoms with Crippen molar-refractivity contribution in [2.75, 3.05) is 13.2 Å². The van der Waals surface area contributed by atoms with E-state index in [1.807, 2.05) is 24.8 Å². The molecule has 1 amide bonds. The van der Waals surface area contributed by atoms with Gasteiger partial charge in [0.2, 0.25) is 5.91 Å². The highest BCUT2D eigenvalue weighted by Crippen LogP contribution is 2.45. The standard InChI is InChI=1S/C17H25NO2/c1-13(2)18(10-11-19)16(20)17(8-5-9-17)15-7-4-6-14(3)12-15/h4,6-7,12-13,19H,5,8-11H2,1-3H3. The Morgan fingerprint density at radius 3 is 2.55 bits per heavy atom. The molecule has 110 valence electrons. The fraction of sp³-hybridized carbons (Fsp3) is 0.588. The summed E-state index contributed by atoms with van der Waals surface area (Å²) in [5.41, 5.74) is 1.98. The van der Waals surface area contributed by atoms with E-state index in [-0.39, 0.29) is 24.0 Å². The summed E-state index contributed by atoms with van der Waals surface area (Å²) in [7, 11) is 0. The minimum Gasteiger partial charge on any atom is -0.395 e. The number of hydrogen-bond acceptors (Lipinski definition) is 2. The molecule has 1 saturated carbocycles. The lowest BCUT2D eigenvalue weighted by Gasteiger charge is -2.45. The molecule has 1 N–H and O–H groups in total. The first-order valence-electron chi connectivity index (χ1n) is 7.50. The van der Waals surface area contributed by atoms with Crippen LogP contribution in [0.2, 0.25) is 0 Å². The van der Waals surface area contributed by atoms with Crippen molar-refractivity contribution in [2.24, 2.45) is 0 Å². The van der Waals surface area contributed by atoms with Gasteiger partial charge in [-0.1, -0.05) is 36.2 Å². The number of aliphatic hydroxyl groups excluding tert-OH is 1. The number of carbonyl (C=O) groups excluding carboxylic acids is 1. The van der Waals surface area contributed by atoms with Crippen molar-refractivity contribution < 1.29 is 9.90 Å². The van der Waals surface area contributed by atoms with Gasteiger partial charge in [0.05, 0.1) is 12.0 Å². The summed E-state index contributed by atoms with van der Waals surface area (Å²) in [5, 5.41) is 9.21. The molecule has 0 radical (unpaired) electrons. The van der Waals surface area contributed by atoms with Crippen LogP contribution >= 0.6 is 0 Å². The second-order valence-electron chi connectivity index (χ2n) is 6.12. The number of carbonyl (C=O) groups is 1. The molecule has 20 heavy (non-hydrogen) atoms. The number of rotatable bonds is 5. The van der Waals surface area contributed by atoms with Crippen LogP contribution in [0.3, 0.4) is 0 Å². The third-order valence-electron chi connectivity index (χ3n) is 4.41. The second-order valence-corrected chi connectivity index (χ2v) is 6.12. The average molecular weight is 275 g/mol. The summed E-state index contributed by atoms with van der Waals surface area (Å²) in [5.74, 6) is 0.179. The molecule has 0 unspecified atom stereocenters. The fourth-order valence-electron chi connectivity index (χ4n) is 3.08. The van der Waals surface area contributed by atoms with Gasteiger partial charge in [-0.2, -0.15) is 0 Å². The SMILES string of the molecule is Cc1cccc(C2(C(=O)N(CCO)C(C)C)CCC2)c1. The topological polar surface area (TPSA) is 40.5 Å². The van der Waals surface area contributed by atoms with Crippen LogP contribution < -0.4 is 0 Å². The molecule has 0 aromatic heterocycles. The number of aliphatic hydroxyl groups is 1. The van der Waals surface area contributed by atoms with Crippen LogP contribution in [0.1, 0.15) is 44.2 Å². The maximum Gasteiger partial charge on any atom is 0.233 e. The minimum atomic E-state index is -0.356. The zero-order valence-corrected chi connectivity index (χ0v) is 12.7. The minimum absolute atomic E-state index is 0.0216. The van der Waals surface area contributed by atoms with E-state index >= 15 is 0 Å². The maximum atomic E-state index is 13.0. The van der Waals surface area contributed by atoms with Crippen molar-refractivity contribution in [2.45, 2.75) is 51.5 Å². The summed E-state index contributed by atoms with van der Waals surface area (Å²) >= 11 is 0. The molecule has 1 aliphatic carbocycles. The Labute approximate surface area is 121 Å². The molecule has 0 saturated heterocycles. The quantitative estimate of drug-likeness (QED) is 0.897. The van der Waals surface area contributed by atoms with E-state index in [4.69, 9.17) is 0 Å². The van der Waals surface area contributed by atoms with Crippen LogP contribution in [-0.2, 0) is 10.2 Å². The summed E-state index contributed by atoms with van der Waals surface area (Å²) in [6.07, 6.45) is 2.94. The number of aryl methyl sites for hydroxylation is 1. The van der Waals surface area contributed by atoms with Crippen molar-refractivity contribution >= 4 is 5.91 Å². The van der Waals surface area contributed by atoms with Gasteiger partial charge in [-0.05, 0) is 39.2 Å². The summed E-state index contributed by atoms with van der Waals surface area (Å²) in [6, 6.07) is 8.42. The Bertz CT molecular complexity index is 478. The fourth-order valence-corrected chi connectivity index (χ4v) is 3.08. The number of amides is 1. The zero-order valence-electron chi connectivity index (χ0n) is 12.7. The molecule has 1 aliphatic rings. The third-order valence-corrected chi connectivity index (χ3v) is 4.41. The average Bonchev–Trinajstić information content (AvgIpc) is 2.34. The van der Waals surface area contributed by atoms with Gasteiger partial charge in [-0.25, -0.2) is 0 Å². The van der Waals surface area contributed by atoms with Gasteiger partial charge in [0.15, 0.2) is 0 Å². The molecule has 0 heterocycles. The lowest BCUT2D eigenvalue weighted by molar-refractivity contribution is -0.143. The van der Waals surface area contributed by atoms with Crippen LogP contribution in [0.5, 0.6) is 0 Å². The molecule has 1 aromatic rings. The highest BCUT2D eigenvalue weighted by Gasteiger charge is 2.47. The molecule has 3 heteroatoms. The summed E-state index contributed by atoms with van der Waals surface area (Å²) in [4.78, 5) is 14.8. The van der Waals surface area contributed by atoms with E-state index in [9.17, 15) is 9.90 Å². The van der Waals surface area contributed by atoms with E-state index in [0.717, 1.165) is 24.8 Å². The van der Waals surface area contributed by atoms with E-state index in [1.54, 1.807) is 0 Å². The Morgan fingerprint density at radius 2 is 2.10 bits per heavy atom. The smallest absolute Gasteiger partial charge is 0.233 e. The molecule has 0 spiro atoms. The van der Waals surface area contributed by atoms with Crippen LogP contribution in [0.25, 0.3) is 0 Å². The molecule has 0 aliphatic heterocycles. The molecule has 2 rings (SSSR count). The molecule has 1 aromatic carbocycles. The van der Waals surface area contributed by atoms with Crippen LogP contribution in [-0.4, -0.2) is 35.1 Å². The first-order chi connectivity index (χ1) is 9.51. The van der Waals surface area contributed by atoms with E-state index in [1.165, 1.54) is 5.56 Å². The van der Waals surface area contributed by atoms with E-state index in [2.05, 4.69) is 25.1 Å². The number of benzene rings is 1. The van der Waals surface area contributed by atoms with Gasteiger partial charge < -0.3 is 10.0 Å². The van der Waals surface area contributed by atoms with Crippen molar-refractivity contribution in [1.82, 2.24) is 4.90 Å². The highest BCUT2D eigenvalue weighted by atomic mass is 16.3. The molecule has 3 nitrogen and oxygen atoms in total. The largest absolute Gasteiger partial charge is 0.395 e. The molecule has 1 fully saturated rings. The van der Waals surface area contributed by atoms with Crippen molar-refractivity contribution in [1.29, 1.82) is 0 Å². The van der Waals surface area contributed by atoms with Crippen molar-refractivity contribution in [3.05, 3.63) is 35.4 Å². The van der Waals surface area contributed by atoms with Gasteiger partial charge in [-0.15, -0.1) is 0 Å². The summed E-state index contributed by atoms with van der Waals surface area (Å²) in [6.45, 7) is 6.53. The molecular weight excluding hydrogens is 250 g/mol. The van der Waals surface area contributed by atoms with Gasteiger partial charge in [-0.3, -0.25) is 4.79 Å². The van der Waals surface area contributed by atoms with Crippen molar-refractivity contribution in [3.8, 4) is 0 Å². The Kier molecular flexibility index (Phi) is 4.48. The Morgan fingerprint density at radius 1 is 1.40 bits per heavy atom. The number of hydrogen-bond donors (Lipinski definition) is 1. The predicted octanol–water partition coefficient (Wildman–Crippen LogP) is 2.65. The molecular formula is C17H25NO2. The molecule has 0 atom stereocenters.